The van der Waals surface area contributed by atoms with Gasteiger partial charge >= 0.3 is 5.97 Å². The molecule has 3 rings (SSSR count). The molecule has 1 spiro atoms. The van der Waals surface area contributed by atoms with Crippen molar-refractivity contribution >= 4 is 5.97 Å². The molecule has 3 atom stereocenters. The summed E-state index contributed by atoms with van der Waals surface area (Å²) < 4.78 is 5.27. The van der Waals surface area contributed by atoms with Gasteiger partial charge in [0.1, 0.15) is 0 Å². The first-order valence-electron chi connectivity index (χ1n) is 8.04. The Labute approximate surface area is 132 Å². The molecule has 0 unspecified atom stereocenters. The van der Waals surface area contributed by atoms with E-state index in [-0.39, 0.29) is 18.0 Å². The van der Waals surface area contributed by atoms with Crippen molar-refractivity contribution in [2.75, 3.05) is 6.61 Å². The maximum Gasteiger partial charge on any atom is 0.306 e. The first-order chi connectivity index (χ1) is 10.5. The lowest BCUT2D eigenvalue weighted by Crippen LogP contribution is -2.33. The number of allylic oxidation sites excluding steroid dienone is 1. The minimum absolute atomic E-state index is 0.0172. The van der Waals surface area contributed by atoms with Crippen LogP contribution in [0, 0.1) is 11.3 Å². The van der Waals surface area contributed by atoms with E-state index < -0.39 is 0 Å². The van der Waals surface area contributed by atoms with Crippen LogP contribution in [0.15, 0.2) is 36.4 Å². The number of ether oxygens (including phenoxy) is 1. The van der Waals surface area contributed by atoms with Gasteiger partial charge in [0.2, 0.25) is 0 Å². The fraction of sp³-hybridized carbons (Fsp3) is 0.526. The van der Waals surface area contributed by atoms with Crippen molar-refractivity contribution in [3.05, 3.63) is 47.5 Å². The number of cyclic esters (lactones) is 1. The fourth-order valence-electron chi connectivity index (χ4n) is 4.12. The van der Waals surface area contributed by atoms with Gasteiger partial charge in [0, 0.05) is 5.41 Å². The number of esters is 1. The summed E-state index contributed by atoms with van der Waals surface area (Å²) in [5.41, 5.74) is 3.45. The summed E-state index contributed by atoms with van der Waals surface area (Å²) in [7, 11) is 0. The normalized spacial score (nSPS) is 31.3. The quantitative estimate of drug-likeness (QED) is 0.685. The number of carbonyl (C=O) groups excluding carboxylic acids is 1. The smallest absolute Gasteiger partial charge is 0.306 e. The van der Waals surface area contributed by atoms with E-state index in [0.29, 0.717) is 24.9 Å². The molecule has 1 aromatic carbocycles. The second kappa shape index (κ2) is 5.88. The highest BCUT2D eigenvalue weighted by Gasteiger charge is 2.47. The number of rotatable bonds is 3. The van der Waals surface area contributed by atoms with Crippen LogP contribution in [0.2, 0.25) is 0 Å². The molecule has 1 aromatic rings. The topological polar surface area (TPSA) is 46.5 Å². The van der Waals surface area contributed by atoms with E-state index in [4.69, 9.17) is 4.74 Å². The second-order valence-corrected chi connectivity index (χ2v) is 7.04. The van der Waals surface area contributed by atoms with Gasteiger partial charge in [-0.25, -0.2) is 0 Å². The number of hydrogen-bond donors (Lipinski definition) is 1. The molecule has 3 heteroatoms. The van der Waals surface area contributed by atoms with E-state index in [2.05, 4.69) is 25.6 Å². The molecular formula is C19H24O3. The monoisotopic (exact) mass is 300 g/mol. The van der Waals surface area contributed by atoms with Crippen LogP contribution in [0.1, 0.15) is 49.7 Å². The average Bonchev–Trinajstić information content (AvgIpc) is 2.87. The third-order valence-electron chi connectivity index (χ3n) is 5.41. The lowest BCUT2D eigenvalue weighted by molar-refractivity contribution is -0.137. The van der Waals surface area contributed by atoms with Crippen molar-refractivity contribution in [2.45, 2.75) is 45.1 Å². The molecule has 1 saturated heterocycles. The minimum Gasteiger partial charge on any atom is -0.465 e. The Morgan fingerprint density at radius 2 is 2.14 bits per heavy atom. The summed E-state index contributed by atoms with van der Waals surface area (Å²) in [5, 5.41) is 9.21. The predicted molar refractivity (Wildman–Crippen MR) is 85.3 cm³/mol. The second-order valence-electron chi connectivity index (χ2n) is 7.04. The van der Waals surface area contributed by atoms with E-state index in [0.717, 1.165) is 24.8 Å². The SMILES string of the molecule is C=C(C)[C@@H]1CC[C@]2(COC(=O)C2)C[C@H]1c1ccc(CO)cc1. The van der Waals surface area contributed by atoms with Crippen LogP contribution in [0.4, 0.5) is 0 Å². The Morgan fingerprint density at radius 1 is 1.41 bits per heavy atom. The Bertz CT molecular complexity index is 575. The van der Waals surface area contributed by atoms with E-state index in [1.54, 1.807) is 0 Å². The maximum absolute atomic E-state index is 11.6. The van der Waals surface area contributed by atoms with E-state index in [1.165, 1.54) is 11.1 Å². The maximum atomic E-state index is 11.6. The predicted octanol–water partition coefficient (Wildman–Crippen LogP) is 3.57. The highest BCUT2D eigenvalue weighted by atomic mass is 16.5. The zero-order chi connectivity index (χ0) is 15.7. The summed E-state index contributed by atoms with van der Waals surface area (Å²) in [4.78, 5) is 11.6. The zero-order valence-corrected chi connectivity index (χ0v) is 13.2. The van der Waals surface area contributed by atoms with E-state index >= 15 is 0 Å². The Balaban J connectivity index is 1.88. The first-order valence-corrected chi connectivity index (χ1v) is 8.04. The van der Waals surface area contributed by atoms with Gasteiger partial charge in [0.25, 0.3) is 0 Å². The van der Waals surface area contributed by atoms with E-state index in [1.807, 2.05) is 12.1 Å². The highest BCUT2D eigenvalue weighted by Crippen LogP contribution is 2.52. The van der Waals surface area contributed by atoms with Crippen LogP contribution < -0.4 is 0 Å². The molecule has 2 fully saturated rings. The third kappa shape index (κ3) is 2.82. The lowest BCUT2D eigenvalue weighted by atomic mass is 9.61. The van der Waals surface area contributed by atoms with Crippen molar-refractivity contribution in [1.82, 2.24) is 0 Å². The van der Waals surface area contributed by atoms with Gasteiger partial charge in [-0.3, -0.25) is 4.79 Å². The van der Waals surface area contributed by atoms with Crippen molar-refractivity contribution in [2.24, 2.45) is 11.3 Å². The molecule has 0 radical (unpaired) electrons. The summed E-state index contributed by atoms with van der Waals surface area (Å²) in [6.45, 7) is 6.93. The van der Waals surface area contributed by atoms with Crippen molar-refractivity contribution in [3.63, 3.8) is 0 Å². The number of hydrogen-bond acceptors (Lipinski definition) is 3. The van der Waals surface area contributed by atoms with Crippen LogP contribution in [0.3, 0.4) is 0 Å². The molecule has 1 N–H and O–H groups in total. The molecule has 3 nitrogen and oxygen atoms in total. The molecule has 22 heavy (non-hydrogen) atoms. The zero-order valence-electron chi connectivity index (χ0n) is 13.2. The Kier molecular flexibility index (Phi) is 4.09. The molecule has 0 bridgehead atoms. The molecular weight excluding hydrogens is 276 g/mol. The van der Waals surface area contributed by atoms with Crippen LogP contribution in [0.5, 0.6) is 0 Å². The first kappa shape index (κ1) is 15.3. The molecule has 1 aliphatic heterocycles. The van der Waals surface area contributed by atoms with Crippen LogP contribution >= 0.6 is 0 Å². The van der Waals surface area contributed by atoms with Crippen molar-refractivity contribution in [3.8, 4) is 0 Å². The van der Waals surface area contributed by atoms with Gasteiger partial charge in [0.05, 0.1) is 19.6 Å². The largest absolute Gasteiger partial charge is 0.465 e. The van der Waals surface area contributed by atoms with Crippen molar-refractivity contribution in [1.29, 1.82) is 0 Å². The molecule has 1 saturated carbocycles. The molecule has 1 aliphatic carbocycles. The van der Waals surface area contributed by atoms with Crippen LogP contribution in [-0.4, -0.2) is 17.7 Å². The lowest BCUT2D eigenvalue weighted by Gasteiger charge is -2.42. The number of aliphatic hydroxyl groups is 1. The van der Waals surface area contributed by atoms with Gasteiger partial charge in [0.15, 0.2) is 0 Å². The van der Waals surface area contributed by atoms with Gasteiger partial charge in [-0.1, -0.05) is 36.4 Å². The molecule has 1 heterocycles. The average molecular weight is 300 g/mol. The standard InChI is InChI=1S/C19H24O3/c1-13(2)16-7-8-19(10-18(21)22-12-19)9-17(16)15-5-3-14(11-20)4-6-15/h3-6,16-17,20H,1,7-12H2,2H3/t16-,17-,19-/m0/s1. The van der Waals surface area contributed by atoms with Gasteiger partial charge in [-0.15, -0.1) is 0 Å². The van der Waals surface area contributed by atoms with Gasteiger partial charge in [-0.05, 0) is 49.1 Å². The molecule has 118 valence electrons. The summed E-state index contributed by atoms with van der Waals surface area (Å²) in [5.74, 6) is 0.790. The van der Waals surface area contributed by atoms with Crippen molar-refractivity contribution < 1.29 is 14.6 Å². The number of aliphatic hydroxyl groups excluding tert-OH is 1. The van der Waals surface area contributed by atoms with Gasteiger partial charge in [-0.2, -0.15) is 0 Å². The summed E-state index contributed by atoms with van der Waals surface area (Å²) in [6, 6.07) is 8.20. The van der Waals surface area contributed by atoms with Crippen LogP contribution in [-0.2, 0) is 16.1 Å². The van der Waals surface area contributed by atoms with Gasteiger partial charge < -0.3 is 9.84 Å². The Hall–Kier alpha value is -1.61. The minimum atomic E-state index is -0.0526. The molecule has 0 aromatic heterocycles. The molecule has 0 amide bonds. The highest BCUT2D eigenvalue weighted by molar-refractivity contribution is 5.72. The summed E-state index contributed by atoms with van der Waals surface area (Å²) >= 11 is 0. The summed E-state index contributed by atoms with van der Waals surface area (Å²) in [6.07, 6.45) is 3.65. The Morgan fingerprint density at radius 3 is 2.68 bits per heavy atom. The third-order valence-corrected chi connectivity index (χ3v) is 5.41. The number of benzene rings is 1. The number of carbonyl (C=O) groups is 1. The van der Waals surface area contributed by atoms with E-state index in [9.17, 15) is 9.90 Å². The molecule has 2 aliphatic rings. The van der Waals surface area contributed by atoms with Crippen LogP contribution in [0.25, 0.3) is 0 Å². The fourth-order valence-corrected chi connectivity index (χ4v) is 4.12.